The molecular weight excluding hydrogens is 300 g/mol. The van der Waals surface area contributed by atoms with Gasteiger partial charge in [-0.2, -0.15) is 26.3 Å². The van der Waals surface area contributed by atoms with Crippen LogP contribution in [0, 0.1) is 5.82 Å². The third kappa shape index (κ3) is 3.20. The second-order valence-corrected chi connectivity index (χ2v) is 4.07. The number of aliphatic hydroxyl groups excluding tert-OH is 1. The highest BCUT2D eigenvalue weighted by atomic mass is 19.4. The van der Waals surface area contributed by atoms with Crippen LogP contribution >= 0.6 is 0 Å². The van der Waals surface area contributed by atoms with Crippen LogP contribution in [0.1, 0.15) is 18.1 Å². The summed E-state index contributed by atoms with van der Waals surface area (Å²) in [7, 11) is 0. The number of rotatable bonds is 3. The Morgan fingerprint density at radius 1 is 0.950 bits per heavy atom. The van der Waals surface area contributed by atoms with E-state index in [1.165, 1.54) is 0 Å². The fourth-order valence-electron chi connectivity index (χ4n) is 1.49. The Bertz CT molecular complexity index is 450. The first-order valence-electron chi connectivity index (χ1n) is 5.14. The van der Waals surface area contributed by atoms with E-state index in [9.17, 15) is 40.2 Å². The van der Waals surface area contributed by atoms with Crippen molar-refractivity contribution in [3.63, 3.8) is 0 Å². The maximum absolute atomic E-state index is 13.3. The molecule has 0 aliphatic rings. The number of benzene rings is 1. The van der Waals surface area contributed by atoms with Gasteiger partial charge in [0, 0.05) is 6.42 Å². The first-order chi connectivity index (χ1) is 8.88. The summed E-state index contributed by atoms with van der Waals surface area (Å²) in [4.78, 5) is 0. The van der Waals surface area contributed by atoms with E-state index in [1.54, 1.807) is 0 Å². The molecule has 1 nitrogen and oxygen atoms in total. The molecule has 0 saturated carbocycles. The van der Waals surface area contributed by atoms with Crippen molar-refractivity contribution < 1.29 is 40.2 Å². The third-order valence-electron chi connectivity index (χ3n) is 2.61. The van der Waals surface area contributed by atoms with Crippen LogP contribution in [0.2, 0.25) is 0 Å². The summed E-state index contributed by atoms with van der Waals surface area (Å²) in [5.41, 5.74) is -6.16. The molecule has 1 aromatic carbocycles. The van der Waals surface area contributed by atoms with Gasteiger partial charge in [0.25, 0.3) is 0 Å². The maximum Gasteiger partial charge on any atom is 0.431 e. The van der Waals surface area contributed by atoms with Crippen LogP contribution in [0.4, 0.5) is 35.1 Å². The van der Waals surface area contributed by atoms with Crippen molar-refractivity contribution in [2.45, 2.75) is 30.5 Å². The number of alkyl halides is 7. The smallest absolute Gasteiger partial charge is 0.388 e. The SMILES string of the molecule is OC(CC(F)(C(F)(F)F)C(F)(F)F)c1cccc(F)c1. The van der Waals surface area contributed by atoms with Crippen molar-refractivity contribution in [1.29, 1.82) is 0 Å². The molecule has 9 heteroatoms. The summed E-state index contributed by atoms with van der Waals surface area (Å²) in [6, 6.07) is 3.25. The van der Waals surface area contributed by atoms with Crippen molar-refractivity contribution in [1.82, 2.24) is 0 Å². The highest BCUT2D eigenvalue weighted by molar-refractivity contribution is 5.19. The standard InChI is InChI=1S/C11H8F8O/c12-7-3-1-2-6(4-7)8(20)5-9(13,10(14,15)16)11(17,18)19/h1-4,8,20H,5H2. The van der Waals surface area contributed by atoms with Crippen LogP contribution in [0.15, 0.2) is 24.3 Å². The van der Waals surface area contributed by atoms with Gasteiger partial charge >= 0.3 is 18.0 Å². The molecule has 0 fully saturated rings. The largest absolute Gasteiger partial charge is 0.431 e. The molecule has 0 aliphatic carbocycles. The number of hydrogen-bond donors (Lipinski definition) is 1. The van der Waals surface area contributed by atoms with Crippen molar-refractivity contribution in [3.8, 4) is 0 Å². The lowest BCUT2D eigenvalue weighted by atomic mass is 9.93. The number of aliphatic hydroxyl groups is 1. The van der Waals surface area contributed by atoms with Crippen molar-refractivity contribution in [2.24, 2.45) is 0 Å². The molecule has 1 N–H and O–H groups in total. The van der Waals surface area contributed by atoms with Gasteiger partial charge in [-0.05, 0) is 17.7 Å². The lowest BCUT2D eigenvalue weighted by Crippen LogP contribution is -2.54. The normalized spacial score (nSPS) is 15.2. The minimum Gasteiger partial charge on any atom is -0.388 e. The topological polar surface area (TPSA) is 20.2 Å². The fourth-order valence-corrected chi connectivity index (χ4v) is 1.49. The van der Waals surface area contributed by atoms with Crippen molar-refractivity contribution in [2.75, 3.05) is 0 Å². The second kappa shape index (κ2) is 5.19. The molecule has 0 saturated heterocycles. The van der Waals surface area contributed by atoms with Gasteiger partial charge in [0.05, 0.1) is 6.10 Å². The average molecular weight is 308 g/mol. The summed E-state index contributed by atoms with van der Waals surface area (Å²) in [5, 5.41) is 9.30. The van der Waals surface area contributed by atoms with Crippen LogP contribution in [0.5, 0.6) is 0 Å². The summed E-state index contributed by atoms with van der Waals surface area (Å²) >= 11 is 0. The molecule has 1 atom stereocenters. The molecule has 20 heavy (non-hydrogen) atoms. The fraction of sp³-hybridized carbons (Fsp3) is 0.455. The van der Waals surface area contributed by atoms with Crippen molar-refractivity contribution in [3.05, 3.63) is 35.6 Å². The van der Waals surface area contributed by atoms with E-state index in [4.69, 9.17) is 0 Å². The monoisotopic (exact) mass is 308 g/mol. The molecular formula is C11H8F8O. The quantitative estimate of drug-likeness (QED) is 0.834. The summed E-state index contributed by atoms with van der Waals surface area (Å²) in [5.74, 6) is -0.981. The van der Waals surface area contributed by atoms with E-state index in [2.05, 4.69) is 0 Å². The van der Waals surface area contributed by atoms with Gasteiger partial charge < -0.3 is 5.11 Å². The Hall–Kier alpha value is -1.38. The Kier molecular flexibility index (Phi) is 4.33. The van der Waals surface area contributed by atoms with Gasteiger partial charge in [-0.3, -0.25) is 0 Å². The van der Waals surface area contributed by atoms with Gasteiger partial charge in [-0.15, -0.1) is 0 Å². The highest BCUT2D eigenvalue weighted by Gasteiger charge is 2.72. The molecule has 1 aromatic rings. The molecule has 0 amide bonds. The van der Waals surface area contributed by atoms with Crippen LogP contribution in [-0.2, 0) is 0 Å². The molecule has 0 aliphatic heterocycles. The summed E-state index contributed by atoms with van der Waals surface area (Å²) in [6.07, 6.45) is -17.3. The third-order valence-corrected chi connectivity index (χ3v) is 2.61. The second-order valence-electron chi connectivity index (χ2n) is 4.07. The molecule has 0 heterocycles. The van der Waals surface area contributed by atoms with Gasteiger partial charge in [0.2, 0.25) is 0 Å². The van der Waals surface area contributed by atoms with Gasteiger partial charge in [-0.1, -0.05) is 12.1 Å². The predicted octanol–water partition coefficient (Wildman–Crippen LogP) is 4.08. The lowest BCUT2D eigenvalue weighted by Gasteiger charge is -2.31. The number of halogens is 8. The summed E-state index contributed by atoms with van der Waals surface area (Å²) in [6.45, 7) is 0. The number of hydrogen-bond acceptors (Lipinski definition) is 1. The van der Waals surface area contributed by atoms with E-state index in [0.29, 0.717) is 6.07 Å². The zero-order valence-electron chi connectivity index (χ0n) is 9.56. The van der Waals surface area contributed by atoms with E-state index < -0.39 is 41.9 Å². The first kappa shape index (κ1) is 16.7. The summed E-state index contributed by atoms with van der Waals surface area (Å²) < 4.78 is 99.8. The lowest BCUT2D eigenvalue weighted by molar-refractivity contribution is -0.347. The first-order valence-corrected chi connectivity index (χ1v) is 5.14. The minimum atomic E-state index is -6.25. The molecule has 0 spiro atoms. The van der Waals surface area contributed by atoms with Gasteiger partial charge in [-0.25, -0.2) is 8.78 Å². The van der Waals surface area contributed by atoms with Crippen LogP contribution < -0.4 is 0 Å². The Morgan fingerprint density at radius 3 is 1.85 bits per heavy atom. The molecule has 0 bridgehead atoms. The predicted molar refractivity (Wildman–Crippen MR) is 51.9 cm³/mol. The minimum absolute atomic E-state index is 0.526. The Morgan fingerprint density at radius 2 is 1.45 bits per heavy atom. The van der Waals surface area contributed by atoms with Crippen LogP contribution in [0.25, 0.3) is 0 Å². The van der Waals surface area contributed by atoms with E-state index in [1.807, 2.05) is 0 Å². The molecule has 1 unspecified atom stereocenters. The zero-order valence-corrected chi connectivity index (χ0v) is 9.56. The van der Waals surface area contributed by atoms with Crippen LogP contribution in [-0.4, -0.2) is 23.1 Å². The van der Waals surface area contributed by atoms with E-state index >= 15 is 0 Å². The Labute approximate surface area is 107 Å². The average Bonchev–Trinajstić information content (AvgIpc) is 2.25. The van der Waals surface area contributed by atoms with Crippen LogP contribution in [0.3, 0.4) is 0 Å². The zero-order chi connectivity index (χ0) is 15.8. The van der Waals surface area contributed by atoms with Crippen molar-refractivity contribution >= 4 is 0 Å². The molecule has 0 aromatic heterocycles. The highest BCUT2D eigenvalue weighted by Crippen LogP contribution is 2.50. The maximum atomic E-state index is 13.3. The van der Waals surface area contributed by atoms with E-state index in [-0.39, 0.29) is 0 Å². The van der Waals surface area contributed by atoms with Gasteiger partial charge in [0.15, 0.2) is 0 Å². The van der Waals surface area contributed by atoms with E-state index in [0.717, 1.165) is 18.2 Å². The molecule has 1 rings (SSSR count). The molecule has 0 radical (unpaired) electrons. The molecule has 114 valence electrons. The Balaban J connectivity index is 3.09. The van der Waals surface area contributed by atoms with Gasteiger partial charge in [0.1, 0.15) is 5.82 Å².